The Balaban J connectivity index is 2.35. The Hall–Kier alpha value is -1.42. The van der Waals surface area contributed by atoms with Gasteiger partial charge in [0.25, 0.3) is 10.0 Å². The van der Waals surface area contributed by atoms with Crippen LogP contribution in [-0.2, 0) is 20.0 Å². The van der Waals surface area contributed by atoms with Crippen molar-refractivity contribution in [2.75, 3.05) is 4.72 Å². The average molecular weight is 318 g/mol. The summed E-state index contributed by atoms with van der Waals surface area (Å²) in [5.74, 6) is 0. The minimum atomic E-state index is -3.87. The smallest absolute Gasteiger partial charge is 0.271 e. The summed E-state index contributed by atoms with van der Waals surface area (Å²) in [6.45, 7) is 0. The van der Waals surface area contributed by atoms with Gasteiger partial charge < -0.3 is 0 Å². The zero-order valence-corrected chi connectivity index (χ0v) is 11.9. The largest absolute Gasteiger partial charge is 0.279 e. The number of thiophene rings is 1. The highest BCUT2D eigenvalue weighted by Crippen LogP contribution is 2.21. The van der Waals surface area contributed by atoms with E-state index in [4.69, 9.17) is 5.14 Å². The molecule has 1 heterocycles. The van der Waals surface area contributed by atoms with Gasteiger partial charge in [0.1, 0.15) is 4.21 Å². The molecular weight excluding hydrogens is 308 g/mol. The first-order valence-electron chi connectivity index (χ1n) is 4.98. The lowest BCUT2D eigenvalue weighted by atomic mass is 10.3. The van der Waals surface area contributed by atoms with Gasteiger partial charge in [0.05, 0.1) is 10.6 Å². The predicted molar refractivity (Wildman–Crippen MR) is 72.9 cm³/mol. The predicted octanol–water partition coefficient (Wildman–Crippen LogP) is 1.20. The molecule has 0 amide bonds. The quantitative estimate of drug-likeness (QED) is 0.883. The maximum absolute atomic E-state index is 11.9. The van der Waals surface area contributed by atoms with E-state index in [0.29, 0.717) is 0 Å². The third-order valence-corrected chi connectivity index (χ3v) is 5.86. The number of benzene rings is 1. The number of nitrogens with one attached hydrogen (secondary N) is 1. The van der Waals surface area contributed by atoms with E-state index in [1.807, 2.05) is 0 Å². The molecule has 0 aliphatic heterocycles. The second-order valence-electron chi connectivity index (χ2n) is 3.61. The van der Waals surface area contributed by atoms with E-state index in [1.54, 1.807) is 11.4 Å². The van der Waals surface area contributed by atoms with Crippen LogP contribution in [0.1, 0.15) is 0 Å². The molecule has 0 bridgehead atoms. The Morgan fingerprint density at radius 2 is 1.79 bits per heavy atom. The minimum absolute atomic E-state index is 0.139. The highest BCUT2D eigenvalue weighted by atomic mass is 32.2. The number of hydrogen-bond donors (Lipinski definition) is 2. The van der Waals surface area contributed by atoms with Crippen LogP contribution in [0.4, 0.5) is 5.69 Å². The molecule has 0 saturated carbocycles. The van der Waals surface area contributed by atoms with Crippen molar-refractivity contribution in [3.8, 4) is 0 Å². The van der Waals surface area contributed by atoms with Crippen LogP contribution < -0.4 is 9.86 Å². The summed E-state index contributed by atoms with van der Waals surface area (Å²) in [5.41, 5.74) is 0.139. The van der Waals surface area contributed by atoms with Crippen molar-refractivity contribution in [2.24, 2.45) is 5.14 Å². The minimum Gasteiger partial charge on any atom is -0.279 e. The topological polar surface area (TPSA) is 106 Å². The third-order valence-electron chi connectivity index (χ3n) is 2.17. The van der Waals surface area contributed by atoms with Crippen molar-refractivity contribution in [1.29, 1.82) is 0 Å². The molecule has 9 heteroatoms. The fraction of sp³-hybridized carbons (Fsp3) is 0. The van der Waals surface area contributed by atoms with E-state index in [1.165, 1.54) is 30.3 Å². The summed E-state index contributed by atoms with van der Waals surface area (Å²) in [4.78, 5) is -0.154. The molecule has 2 aromatic rings. The first-order chi connectivity index (χ1) is 8.79. The molecule has 3 N–H and O–H groups in total. The lowest BCUT2D eigenvalue weighted by molar-refractivity contribution is 0.596. The van der Waals surface area contributed by atoms with Gasteiger partial charge in [0, 0.05) is 0 Å². The first kappa shape index (κ1) is 14.0. The SMILES string of the molecule is NS(=O)(=O)c1cccc(NS(=O)(=O)c2cccs2)c1. The van der Waals surface area contributed by atoms with E-state index >= 15 is 0 Å². The number of sulfonamides is 2. The van der Waals surface area contributed by atoms with Crippen molar-refractivity contribution in [2.45, 2.75) is 9.10 Å². The first-order valence-corrected chi connectivity index (χ1v) is 8.89. The Morgan fingerprint density at radius 3 is 2.37 bits per heavy atom. The number of hydrogen-bond acceptors (Lipinski definition) is 5. The molecule has 0 fully saturated rings. The van der Waals surface area contributed by atoms with Gasteiger partial charge in [-0.05, 0) is 29.6 Å². The molecule has 0 saturated heterocycles. The van der Waals surface area contributed by atoms with E-state index in [0.717, 1.165) is 11.3 Å². The number of nitrogens with two attached hydrogens (primary N) is 1. The zero-order valence-electron chi connectivity index (χ0n) is 9.48. The van der Waals surface area contributed by atoms with Gasteiger partial charge in [-0.25, -0.2) is 22.0 Å². The molecule has 19 heavy (non-hydrogen) atoms. The molecule has 0 aliphatic rings. The Bertz CT molecular complexity index is 780. The molecule has 0 spiro atoms. The second-order valence-corrected chi connectivity index (χ2v) is 8.03. The van der Waals surface area contributed by atoms with Gasteiger partial charge in [-0.1, -0.05) is 12.1 Å². The van der Waals surface area contributed by atoms with Crippen molar-refractivity contribution in [3.63, 3.8) is 0 Å². The van der Waals surface area contributed by atoms with Crippen LogP contribution in [0.2, 0.25) is 0 Å². The molecular formula is C10H10N2O4S3. The number of anilines is 1. The molecule has 102 valence electrons. The lowest BCUT2D eigenvalue weighted by Gasteiger charge is -2.07. The van der Waals surface area contributed by atoms with Crippen molar-refractivity contribution in [3.05, 3.63) is 41.8 Å². The van der Waals surface area contributed by atoms with E-state index in [-0.39, 0.29) is 14.8 Å². The van der Waals surface area contributed by atoms with E-state index in [9.17, 15) is 16.8 Å². The maximum Gasteiger partial charge on any atom is 0.271 e. The van der Waals surface area contributed by atoms with Crippen molar-refractivity contribution < 1.29 is 16.8 Å². The zero-order chi connectivity index (χ0) is 14.1. The molecule has 1 aromatic carbocycles. The average Bonchev–Trinajstić information content (AvgIpc) is 2.81. The Labute approximate surface area is 115 Å². The maximum atomic E-state index is 11.9. The van der Waals surface area contributed by atoms with Gasteiger partial charge in [0.2, 0.25) is 10.0 Å². The normalized spacial score (nSPS) is 12.3. The van der Waals surface area contributed by atoms with Crippen LogP contribution in [-0.4, -0.2) is 16.8 Å². The number of primary sulfonamides is 1. The summed E-state index contributed by atoms with van der Waals surface area (Å²) in [6.07, 6.45) is 0. The summed E-state index contributed by atoms with van der Waals surface area (Å²) < 4.78 is 48.7. The summed E-state index contributed by atoms with van der Waals surface area (Å²) in [6, 6.07) is 8.38. The molecule has 0 radical (unpaired) electrons. The van der Waals surface area contributed by atoms with Crippen LogP contribution in [0.3, 0.4) is 0 Å². The van der Waals surface area contributed by atoms with Gasteiger partial charge in [0.15, 0.2) is 0 Å². The van der Waals surface area contributed by atoms with Gasteiger partial charge in [-0.2, -0.15) is 0 Å². The summed E-state index contributed by atoms with van der Waals surface area (Å²) >= 11 is 1.07. The van der Waals surface area contributed by atoms with E-state index < -0.39 is 20.0 Å². The monoisotopic (exact) mass is 318 g/mol. The van der Waals surface area contributed by atoms with Gasteiger partial charge >= 0.3 is 0 Å². The second kappa shape index (κ2) is 4.93. The molecule has 0 unspecified atom stereocenters. The Kier molecular flexibility index (Phi) is 3.63. The molecule has 1 aromatic heterocycles. The lowest BCUT2D eigenvalue weighted by Crippen LogP contribution is -2.14. The van der Waals surface area contributed by atoms with Crippen LogP contribution in [0.5, 0.6) is 0 Å². The third kappa shape index (κ3) is 3.32. The fourth-order valence-electron chi connectivity index (χ4n) is 1.36. The van der Waals surface area contributed by atoms with Gasteiger partial charge in [-0.3, -0.25) is 4.72 Å². The van der Waals surface area contributed by atoms with Gasteiger partial charge in [-0.15, -0.1) is 11.3 Å². The number of rotatable bonds is 4. The standard InChI is InChI=1S/C10H10N2O4S3/c11-18(13,14)9-4-1-3-8(7-9)12-19(15,16)10-5-2-6-17-10/h1-7,12H,(H2,11,13,14). The van der Waals surface area contributed by atoms with E-state index in [2.05, 4.69) is 4.72 Å². The highest BCUT2D eigenvalue weighted by molar-refractivity contribution is 7.94. The van der Waals surface area contributed by atoms with Crippen LogP contribution in [0.15, 0.2) is 50.9 Å². The van der Waals surface area contributed by atoms with Crippen LogP contribution in [0, 0.1) is 0 Å². The molecule has 6 nitrogen and oxygen atoms in total. The van der Waals surface area contributed by atoms with Crippen LogP contribution >= 0.6 is 11.3 Å². The molecule has 2 rings (SSSR count). The van der Waals surface area contributed by atoms with Crippen molar-refractivity contribution in [1.82, 2.24) is 0 Å². The van der Waals surface area contributed by atoms with Crippen LogP contribution in [0.25, 0.3) is 0 Å². The summed E-state index contributed by atoms with van der Waals surface area (Å²) in [7, 11) is -7.57. The molecule has 0 atom stereocenters. The Morgan fingerprint density at radius 1 is 1.05 bits per heavy atom. The highest BCUT2D eigenvalue weighted by Gasteiger charge is 2.16. The fourth-order valence-corrected chi connectivity index (χ4v) is 3.96. The summed E-state index contributed by atoms with van der Waals surface area (Å²) in [5, 5.41) is 6.62. The van der Waals surface area contributed by atoms with Crippen molar-refractivity contribution >= 4 is 37.1 Å². The molecule has 0 aliphatic carbocycles.